The molecule has 1 saturated heterocycles. The molecule has 2 atom stereocenters. The van der Waals surface area contributed by atoms with Gasteiger partial charge in [0.2, 0.25) is 0 Å². The van der Waals surface area contributed by atoms with Crippen LogP contribution in [0.15, 0.2) is 30.3 Å². The first-order chi connectivity index (χ1) is 10.9. The van der Waals surface area contributed by atoms with Crippen LogP contribution in [0.1, 0.15) is 25.8 Å². The number of amides is 2. The van der Waals surface area contributed by atoms with E-state index in [1.54, 1.807) is 18.7 Å². The maximum Gasteiger partial charge on any atom is 0.317 e. The number of nitrogens with one attached hydrogen (secondary N) is 1. The van der Waals surface area contributed by atoms with Gasteiger partial charge in [-0.2, -0.15) is 0 Å². The van der Waals surface area contributed by atoms with Crippen molar-refractivity contribution in [3.05, 3.63) is 35.9 Å². The lowest BCUT2D eigenvalue weighted by molar-refractivity contribution is 0.204. The lowest BCUT2D eigenvalue weighted by Gasteiger charge is -2.21. The van der Waals surface area contributed by atoms with Crippen LogP contribution in [0.4, 0.5) is 4.79 Å². The van der Waals surface area contributed by atoms with Crippen molar-refractivity contribution in [3.63, 3.8) is 0 Å². The lowest BCUT2D eigenvalue weighted by atomic mass is 9.99. The summed E-state index contributed by atoms with van der Waals surface area (Å²) in [6, 6.07) is 9.78. The third-order valence-electron chi connectivity index (χ3n) is 4.25. The van der Waals surface area contributed by atoms with Crippen LogP contribution in [0.5, 0.6) is 0 Å². The highest BCUT2D eigenvalue weighted by Gasteiger charge is 2.27. The summed E-state index contributed by atoms with van der Waals surface area (Å²) < 4.78 is 23.2. The van der Waals surface area contributed by atoms with E-state index in [2.05, 4.69) is 17.4 Å². The molecule has 128 valence electrons. The molecule has 0 aromatic heterocycles. The number of nitrogens with zero attached hydrogens (tertiary/aromatic N) is 1. The molecule has 6 heteroatoms. The van der Waals surface area contributed by atoms with Crippen LogP contribution >= 0.6 is 0 Å². The van der Waals surface area contributed by atoms with Gasteiger partial charge in [-0.05, 0) is 31.2 Å². The van der Waals surface area contributed by atoms with Crippen molar-refractivity contribution in [2.75, 3.05) is 24.6 Å². The van der Waals surface area contributed by atoms with Crippen LogP contribution in [0.3, 0.4) is 0 Å². The summed E-state index contributed by atoms with van der Waals surface area (Å²) in [6.07, 6.45) is 1.97. The highest BCUT2D eigenvalue weighted by Crippen LogP contribution is 2.20. The Morgan fingerprint density at radius 3 is 2.70 bits per heavy atom. The standard InChI is InChI=1S/C17H26N2O3S/c1-3-23(21,22)13-14(2)18-17(20)19-10-9-16(12-19)11-15-7-5-4-6-8-15/h4-8,14,16H,3,9-13H2,1-2H3,(H,18,20)/t14-,16-/m0/s1. The number of carbonyl (C=O) groups is 1. The molecule has 1 aromatic carbocycles. The molecule has 1 aromatic rings. The van der Waals surface area contributed by atoms with E-state index in [0.29, 0.717) is 5.92 Å². The summed E-state index contributed by atoms with van der Waals surface area (Å²) in [5.74, 6) is 0.574. The van der Waals surface area contributed by atoms with Gasteiger partial charge in [0.05, 0.1) is 5.75 Å². The highest BCUT2D eigenvalue weighted by atomic mass is 32.2. The smallest absolute Gasteiger partial charge is 0.317 e. The van der Waals surface area contributed by atoms with Gasteiger partial charge < -0.3 is 10.2 Å². The predicted octanol–water partition coefficient (Wildman–Crippen LogP) is 2.08. The van der Waals surface area contributed by atoms with Crippen LogP contribution in [-0.4, -0.2) is 50.0 Å². The van der Waals surface area contributed by atoms with Gasteiger partial charge in [-0.25, -0.2) is 13.2 Å². The Morgan fingerprint density at radius 2 is 2.04 bits per heavy atom. The Morgan fingerprint density at radius 1 is 1.35 bits per heavy atom. The summed E-state index contributed by atoms with van der Waals surface area (Å²) in [6.45, 7) is 4.83. The fourth-order valence-electron chi connectivity index (χ4n) is 2.97. The molecule has 2 rings (SSSR count). The average Bonchev–Trinajstić information content (AvgIpc) is 2.96. The van der Waals surface area contributed by atoms with Crippen molar-refractivity contribution < 1.29 is 13.2 Å². The molecule has 0 aliphatic carbocycles. The molecule has 1 fully saturated rings. The zero-order valence-corrected chi connectivity index (χ0v) is 14.7. The maximum atomic E-state index is 12.2. The van der Waals surface area contributed by atoms with Gasteiger partial charge in [0, 0.05) is 24.9 Å². The molecule has 1 heterocycles. The molecule has 0 saturated carbocycles. The predicted molar refractivity (Wildman–Crippen MR) is 92.1 cm³/mol. The Bertz CT molecular complexity index is 616. The third kappa shape index (κ3) is 5.53. The summed E-state index contributed by atoms with van der Waals surface area (Å²) in [4.78, 5) is 14.0. The second kappa shape index (κ2) is 7.81. The first-order valence-electron chi connectivity index (χ1n) is 8.19. The fraction of sp³-hybridized carbons (Fsp3) is 0.588. The lowest BCUT2D eigenvalue weighted by Crippen LogP contribution is -2.45. The molecular formula is C17H26N2O3S. The monoisotopic (exact) mass is 338 g/mol. The van der Waals surface area contributed by atoms with Crippen LogP contribution < -0.4 is 5.32 Å². The maximum absolute atomic E-state index is 12.2. The Hall–Kier alpha value is -1.56. The van der Waals surface area contributed by atoms with Gasteiger partial charge >= 0.3 is 6.03 Å². The number of benzene rings is 1. The molecule has 2 amide bonds. The number of urea groups is 1. The molecule has 0 radical (unpaired) electrons. The van der Waals surface area contributed by atoms with E-state index >= 15 is 0 Å². The van der Waals surface area contributed by atoms with Crippen LogP contribution in [-0.2, 0) is 16.3 Å². The van der Waals surface area contributed by atoms with Crippen LogP contribution in [0.25, 0.3) is 0 Å². The van der Waals surface area contributed by atoms with Gasteiger partial charge in [-0.1, -0.05) is 37.3 Å². The molecule has 0 spiro atoms. The molecule has 0 unspecified atom stereocenters. The molecule has 0 bridgehead atoms. The van der Waals surface area contributed by atoms with Crippen molar-refractivity contribution in [2.45, 2.75) is 32.7 Å². The third-order valence-corrected chi connectivity index (χ3v) is 6.14. The minimum absolute atomic E-state index is 0.00345. The minimum Gasteiger partial charge on any atom is -0.335 e. The zero-order valence-electron chi connectivity index (χ0n) is 13.9. The van der Waals surface area contributed by atoms with Gasteiger partial charge in [0.15, 0.2) is 9.84 Å². The Kier molecular flexibility index (Phi) is 6.04. The van der Waals surface area contributed by atoms with E-state index in [-0.39, 0.29) is 23.6 Å². The van der Waals surface area contributed by atoms with E-state index in [1.807, 2.05) is 18.2 Å². The van der Waals surface area contributed by atoms with Crippen molar-refractivity contribution in [3.8, 4) is 0 Å². The number of rotatable bonds is 6. The Balaban J connectivity index is 1.80. The average molecular weight is 338 g/mol. The molecule has 1 aliphatic heterocycles. The van der Waals surface area contributed by atoms with Crippen LogP contribution in [0.2, 0.25) is 0 Å². The number of likely N-dealkylation sites (tertiary alicyclic amines) is 1. The normalized spacial score (nSPS) is 19.6. The Labute approximate surface area is 139 Å². The minimum atomic E-state index is -3.07. The van der Waals surface area contributed by atoms with E-state index in [4.69, 9.17) is 0 Å². The van der Waals surface area contributed by atoms with E-state index in [1.165, 1.54) is 5.56 Å². The summed E-state index contributed by atoms with van der Waals surface area (Å²) in [7, 11) is -3.07. The van der Waals surface area contributed by atoms with Crippen molar-refractivity contribution in [1.29, 1.82) is 0 Å². The number of hydrogen-bond donors (Lipinski definition) is 1. The zero-order chi connectivity index (χ0) is 16.9. The molecule has 5 nitrogen and oxygen atoms in total. The number of sulfone groups is 1. The van der Waals surface area contributed by atoms with Gasteiger partial charge in [0.25, 0.3) is 0 Å². The second-order valence-electron chi connectivity index (χ2n) is 6.34. The number of carbonyl (C=O) groups excluding carboxylic acids is 1. The quantitative estimate of drug-likeness (QED) is 0.863. The molecule has 1 N–H and O–H groups in total. The fourth-order valence-corrected chi connectivity index (χ4v) is 4.05. The van der Waals surface area contributed by atoms with Crippen molar-refractivity contribution in [2.24, 2.45) is 5.92 Å². The molecule has 1 aliphatic rings. The molecular weight excluding hydrogens is 312 g/mol. The topological polar surface area (TPSA) is 66.5 Å². The summed E-state index contributed by atoms with van der Waals surface area (Å²) in [5, 5.41) is 2.80. The van der Waals surface area contributed by atoms with E-state index in [0.717, 1.165) is 25.9 Å². The summed E-state index contributed by atoms with van der Waals surface area (Å²) >= 11 is 0. The van der Waals surface area contributed by atoms with Crippen molar-refractivity contribution in [1.82, 2.24) is 10.2 Å². The van der Waals surface area contributed by atoms with E-state index in [9.17, 15) is 13.2 Å². The van der Waals surface area contributed by atoms with Gasteiger partial charge in [-0.3, -0.25) is 0 Å². The second-order valence-corrected chi connectivity index (χ2v) is 8.74. The van der Waals surface area contributed by atoms with E-state index < -0.39 is 9.84 Å². The van der Waals surface area contributed by atoms with Gasteiger partial charge in [-0.15, -0.1) is 0 Å². The first-order valence-corrected chi connectivity index (χ1v) is 10.0. The number of hydrogen-bond acceptors (Lipinski definition) is 3. The SMILES string of the molecule is CCS(=O)(=O)C[C@H](C)NC(=O)N1CC[C@@H](Cc2ccccc2)C1. The first kappa shape index (κ1) is 17.8. The van der Waals surface area contributed by atoms with Gasteiger partial charge in [0.1, 0.15) is 0 Å². The summed E-state index contributed by atoms with van der Waals surface area (Å²) in [5.41, 5.74) is 1.29. The molecule has 23 heavy (non-hydrogen) atoms. The van der Waals surface area contributed by atoms with Crippen LogP contribution in [0, 0.1) is 5.92 Å². The van der Waals surface area contributed by atoms with Crippen molar-refractivity contribution >= 4 is 15.9 Å². The highest BCUT2D eigenvalue weighted by molar-refractivity contribution is 7.91. The largest absolute Gasteiger partial charge is 0.335 e.